The Morgan fingerprint density at radius 3 is 2.61 bits per heavy atom. The standard InChI is InChI=1S/C11H21N3O3S/c1-9(2)4-12-5-10(15)7-14-8-11(6-13-14)18(3,16)17/h6,8-10,12,15H,4-5,7H2,1-3H3. The van der Waals surface area contributed by atoms with Crippen molar-refractivity contribution in [3.63, 3.8) is 0 Å². The molecule has 0 aliphatic carbocycles. The van der Waals surface area contributed by atoms with Crippen LogP contribution in [0.25, 0.3) is 0 Å². The Morgan fingerprint density at radius 2 is 2.11 bits per heavy atom. The number of nitrogens with zero attached hydrogens (tertiary/aromatic N) is 2. The van der Waals surface area contributed by atoms with Crippen molar-refractivity contribution in [2.75, 3.05) is 19.3 Å². The van der Waals surface area contributed by atoms with Crippen LogP contribution < -0.4 is 5.32 Å². The first kappa shape index (κ1) is 15.1. The first-order chi connectivity index (χ1) is 8.29. The quantitative estimate of drug-likeness (QED) is 0.725. The molecule has 0 saturated carbocycles. The van der Waals surface area contributed by atoms with Gasteiger partial charge in [0.15, 0.2) is 9.84 Å². The fourth-order valence-electron chi connectivity index (χ4n) is 1.46. The van der Waals surface area contributed by atoms with Crippen molar-refractivity contribution in [1.82, 2.24) is 15.1 Å². The van der Waals surface area contributed by atoms with Crippen molar-refractivity contribution in [3.8, 4) is 0 Å². The molecule has 1 unspecified atom stereocenters. The van der Waals surface area contributed by atoms with Crippen LogP contribution in [0.15, 0.2) is 17.3 Å². The van der Waals surface area contributed by atoms with Crippen LogP contribution in [0.5, 0.6) is 0 Å². The predicted molar refractivity (Wildman–Crippen MR) is 69.1 cm³/mol. The Labute approximate surface area is 108 Å². The third-order valence-electron chi connectivity index (χ3n) is 2.37. The molecule has 0 aliphatic heterocycles. The molecule has 0 fully saturated rings. The third kappa shape index (κ3) is 5.16. The van der Waals surface area contributed by atoms with E-state index in [9.17, 15) is 13.5 Å². The first-order valence-corrected chi connectivity index (χ1v) is 7.79. The van der Waals surface area contributed by atoms with Gasteiger partial charge in [-0.1, -0.05) is 13.8 Å². The smallest absolute Gasteiger partial charge is 0.178 e. The molecule has 0 aromatic carbocycles. The SMILES string of the molecule is CC(C)CNCC(O)Cn1cc(S(C)(=O)=O)cn1. The maximum atomic E-state index is 11.3. The number of hydrogen-bond acceptors (Lipinski definition) is 5. The van der Waals surface area contributed by atoms with E-state index in [1.54, 1.807) is 0 Å². The van der Waals surface area contributed by atoms with Crippen LogP contribution in [0.1, 0.15) is 13.8 Å². The molecule has 2 N–H and O–H groups in total. The van der Waals surface area contributed by atoms with E-state index in [0.717, 1.165) is 12.8 Å². The van der Waals surface area contributed by atoms with Crippen LogP contribution in [0, 0.1) is 5.92 Å². The summed E-state index contributed by atoms with van der Waals surface area (Å²) in [5.74, 6) is 0.527. The monoisotopic (exact) mass is 275 g/mol. The molecule has 1 aromatic rings. The summed E-state index contributed by atoms with van der Waals surface area (Å²) in [6.45, 7) is 5.76. The lowest BCUT2D eigenvalue weighted by atomic mass is 10.2. The number of aliphatic hydroxyl groups is 1. The van der Waals surface area contributed by atoms with E-state index < -0.39 is 15.9 Å². The molecule has 6 nitrogen and oxygen atoms in total. The molecule has 0 saturated heterocycles. The molecule has 1 rings (SSSR count). The first-order valence-electron chi connectivity index (χ1n) is 5.90. The van der Waals surface area contributed by atoms with Gasteiger partial charge in [0.25, 0.3) is 0 Å². The van der Waals surface area contributed by atoms with Gasteiger partial charge in [0.1, 0.15) is 4.90 Å². The maximum Gasteiger partial charge on any atom is 0.178 e. The summed E-state index contributed by atoms with van der Waals surface area (Å²) >= 11 is 0. The average molecular weight is 275 g/mol. The zero-order valence-electron chi connectivity index (χ0n) is 11.0. The summed E-state index contributed by atoms with van der Waals surface area (Å²) in [5.41, 5.74) is 0. The average Bonchev–Trinajstić information content (AvgIpc) is 2.64. The molecule has 1 aromatic heterocycles. The molecular formula is C11H21N3O3S. The Morgan fingerprint density at radius 1 is 1.44 bits per heavy atom. The molecule has 7 heteroatoms. The predicted octanol–water partition coefficient (Wildman–Crippen LogP) is -0.107. The highest BCUT2D eigenvalue weighted by molar-refractivity contribution is 7.90. The van der Waals surface area contributed by atoms with Gasteiger partial charge in [-0.05, 0) is 12.5 Å². The van der Waals surface area contributed by atoms with Gasteiger partial charge in [0.2, 0.25) is 0 Å². The molecule has 104 valence electrons. The van der Waals surface area contributed by atoms with Crippen molar-refractivity contribution in [3.05, 3.63) is 12.4 Å². The Bertz CT molecular complexity index is 468. The summed E-state index contributed by atoms with van der Waals surface area (Å²) in [7, 11) is -3.23. The summed E-state index contributed by atoms with van der Waals surface area (Å²) in [4.78, 5) is 0.171. The molecule has 18 heavy (non-hydrogen) atoms. The number of rotatable bonds is 7. The van der Waals surface area contributed by atoms with Crippen molar-refractivity contribution in [1.29, 1.82) is 0 Å². The lowest BCUT2D eigenvalue weighted by molar-refractivity contribution is 0.146. The van der Waals surface area contributed by atoms with E-state index in [1.165, 1.54) is 17.1 Å². The fraction of sp³-hybridized carbons (Fsp3) is 0.727. The van der Waals surface area contributed by atoms with E-state index in [1.807, 2.05) is 0 Å². The van der Waals surface area contributed by atoms with Gasteiger partial charge in [0.05, 0.1) is 18.8 Å². The van der Waals surface area contributed by atoms with E-state index in [-0.39, 0.29) is 11.4 Å². The lowest BCUT2D eigenvalue weighted by Crippen LogP contribution is -2.32. The van der Waals surface area contributed by atoms with E-state index in [2.05, 4.69) is 24.3 Å². The Balaban J connectivity index is 2.45. The largest absolute Gasteiger partial charge is 0.390 e. The number of hydrogen-bond donors (Lipinski definition) is 2. The minimum absolute atomic E-state index is 0.171. The van der Waals surface area contributed by atoms with E-state index >= 15 is 0 Å². The van der Waals surface area contributed by atoms with E-state index in [0.29, 0.717) is 12.5 Å². The minimum Gasteiger partial charge on any atom is -0.390 e. The van der Waals surface area contributed by atoms with Crippen LogP contribution >= 0.6 is 0 Å². The molecule has 0 amide bonds. The zero-order valence-corrected chi connectivity index (χ0v) is 11.8. The van der Waals surface area contributed by atoms with Crippen molar-refractivity contribution in [2.45, 2.75) is 31.4 Å². The van der Waals surface area contributed by atoms with Crippen molar-refractivity contribution in [2.24, 2.45) is 5.92 Å². The van der Waals surface area contributed by atoms with Crippen LogP contribution in [0.4, 0.5) is 0 Å². The third-order valence-corrected chi connectivity index (χ3v) is 3.44. The summed E-state index contributed by atoms with van der Waals surface area (Å²) < 4.78 is 23.9. The van der Waals surface area contributed by atoms with Gasteiger partial charge in [-0.15, -0.1) is 0 Å². The second kappa shape index (κ2) is 6.31. The van der Waals surface area contributed by atoms with Crippen LogP contribution in [0.2, 0.25) is 0 Å². The van der Waals surface area contributed by atoms with Gasteiger partial charge in [-0.2, -0.15) is 5.10 Å². The molecule has 0 spiro atoms. The van der Waals surface area contributed by atoms with Gasteiger partial charge < -0.3 is 10.4 Å². The van der Waals surface area contributed by atoms with E-state index in [4.69, 9.17) is 0 Å². The summed E-state index contributed by atoms with van der Waals surface area (Å²) in [6.07, 6.45) is 3.27. The molecule has 1 heterocycles. The maximum absolute atomic E-state index is 11.3. The molecular weight excluding hydrogens is 254 g/mol. The number of nitrogens with one attached hydrogen (secondary N) is 1. The van der Waals surface area contributed by atoms with Crippen LogP contribution in [-0.4, -0.2) is 48.8 Å². The molecule has 0 aliphatic rings. The highest BCUT2D eigenvalue weighted by Crippen LogP contribution is 2.06. The fourth-order valence-corrected chi connectivity index (χ4v) is 2.01. The Kier molecular flexibility index (Phi) is 5.30. The van der Waals surface area contributed by atoms with Gasteiger partial charge in [-0.3, -0.25) is 4.68 Å². The topological polar surface area (TPSA) is 84.2 Å². The lowest BCUT2D eigenvalue weighted by Gasteiger charge is -2.13. The summed E-state index contributed by atoms with van der Waals surface area (Å²) in [6, 6.07) is 0. The second-order valence-corrected chi connectivity index (χ2v) is 6.89. The second-order valence-electron chi connectivity index (χ2n) is 4.88. The van der Waals surface area contributed by atoms with Crippen LogP contribution in [-0.2, 0) is 16.4 Å². The van der Waals surface area contributed by atoms with Gasteiger partial charge in [0, 0.05) is 19.0 Å². The van der Waals surface area contributed by atoms with Gasteiger partial charge >= 0.3 is 0 Å². The number of aromatic nitrogens is 2. The normalized spacial score (nSPS) is 14.1. The zero-order chi connectivity index (χ0) is 13.8. The Hall–Kier alpha value is -0.920. The number of sulfone groups is 1. The van der Waals surface area contributed by atoms with Crippen molar-refractivity contribution >= 4 is 9.84 Å². The van der Waals surface area contributed by atoms with Gasteiger partial charge in [-0.25, -0.2) is 8.42 Å². The minimum atomic E-state index is -3.23. The summed E-state index contributed by atoms with van der Waals surface area (Å²) in [5, 5.41) is 16.8. The van der Waals surface area contributed by atoms with Crippen LogP contribution in [0.3, 0.4) is 0 Å². The molecule has 0 bridgehead atoms. The molecule has 1 atom stereocenters. The molecule has 0 radical (unpaired) electrons. The van der Waals surface area contributed by atoms with Crippen molar-refractivity contribution < 1.29 is 13.5 Å². The highest BCUT2D eigenvalue weighted by Gasteiger charge is 2.12. The number of aliphatic hydroxyl groups excluding tert-OH is 1. The highest BCUT2D eigenvalue weighted by atomic mass is 32.2.